The van der Waals surface area contributed by atoms with Crippen LogP contribution in [0.2, 0.25) is 5.02 Å². The van der Waals surface area contributed by atoms with E-state index < -0.39 is 5.72 Å². The van der Waals surface area contributed by atoms with E-state index in [0.717, 1.165) is 16.7 Å². The summed E-state index contributed by atoms with van der Waals surface area (Å²) in [5.41, 5.74) is 5.72. The molecule has 0 bridgehead atoms. The third kappa shape index (κ3) is 3.61. The molecule has 6 heteroatoms. The molecule has 1 aliphatic heterocycles. The summed E-state index contributed by atoms with van der Waals surface area (Å²) in [6, 6.07) is 12.8. The van der Waals surface area contributed by atoms with Gasteiger partial charge in [0.05, 0.1) is 0 Å². The van der Waals surface area contributed by atoms with E-state index in [-0.39, 0.29) is 5.91 Å². The average molecular weight is 358 g/mol. The first-order valence-electron chi connectivity index (χ1n) is 7.98. The molecule has 0 atom stereocenters. The highest BCUT2D eigenvalue weighted by Gasteiger charge is 2.40. The number of nitrogens with zero attached hydrogens (tertiary/aromatic N) is 2. The van der Waals surface area contributed by atoms with Crippen LogP contribution in [0, 0.1) is 13.8 Å². The molecule has 25 heavy (non-hydrogen) atoms. The maximum Gasteiger partial charge on any atom is 0.269 e. The van der Waals surface area contributed by atoms with Crippen molar-refractivity contribution in [3.63, 3.8) is 0 Å². The van der Waals surface area contributed by atoms with Crippen molar-refractivity contribution in [1.29, 1.82) is 0 Å². The second kappa shape index (κ2) is 6.41. The number of carbonyl (C=O) groups excluding carboxylic acids is 1. The van der Waals surface area contributed by atoms with E-state index in [1.54, 1.807) is 29.3 Å². The zero-order valence-corrected chi connectivity index (χ0v) is 15.4. The Bertz CT molecular complexity index is 824. The van der Waals surface area contributed by atoms with Crippen molar-refractivity contribution < 1.29 is 9.63 Å². The first-order valence-corrected chi connectivity index (χ1v) is 8.36. The average Bonchev–Trinajstić information content (AvgIpc) is 2.82. The smallest absolute Gasteiger partial charge is 0.269 e. The molecule has 0 aromatic heterocycles. The molecule has 1 aliphatic rings. The van der Waals surface area contributed by atoms with Crippen LogP contribution >= 0.6 is 11.6 Å². The zero-order chi connectivity index (χ0) is 18.2. The molecule has 1 amide bonds. The number of carbonyl (C=O) groups is 1. The fourth-order valence-corrected chi connectivity index (χ4v) is 2.86. The molecule has 130 valence electrons. The predicted molar refractivity (Wildman–Crippen MR) is 98.4 cm³/mol. The topological polar surface area (TPSA) is 53.9 Å². The van der Waals surface area contributed by atoms with Crippen molar-refractivity contribution in [3.8, 4) is 0 Å². The lowest BCUT2D eigenvalue weighted by Crippen LogP contribution is -2.54. The molecule has 0 spiro atoms. The minimum Gasteiger partial charge on any atom is -0.364 e. The number of hydrazine groups is 1. The Hall–Kier alpha value is -2.53. The van der Waals surface area contributed by atoms with Crippen molar-refractivity contribution in [2.75, 3.05) is 0 Å². The Labute approximate surface area is 152 Å². The summed E-state index contributed by atoms with van der Waals surface area (Å²) >= 11 is 5.88. The standard InChI is InChI=1S/C19H20ClN3O2/c1-12-9-13(2)11-15(10-12)17-22-25-19(3,4)23(17)21-18(24)14-5-7-16(20)8-6-14/h5-11H,1-4H3,(H,21,24). The van der Waals surface area contributed by atoms with E-state index in [2.05, 4.69) is 16.6 Å². The number of hydrogen-bond acceptors (Lipinski definition) is 4. The fourth-order valence-electron chi connectivity index (χ4n) is 2.73. The second-order valence-corrected chi connectivity index (χ2v) is 7.05. The Kier molecular flexibility index (Phi) is 4.43. The van der Waals surface area contributed by atoms with E-state index in [9.17, 15) is 4.79 Å². The first kappa shape index (κ1) is 17.3. The highest BCUT2D eigenvalue weighted by atomic mass is 35.5. The number of aryl methyl sites for hydroxylation is 2. The Morgan fingerprint density at radius 2 is 1.72 bits per heavy atom. The van der Waals surface area contributed by atoms with Crippen molar-refractivity contribution in [3.05, 3.63) is 69.7 Å². The summed E-state index contributed by atoms with van der Waals surface area (Å²) in [5.74, 6) is 0.312. The van der Waals surface area contributed by atoms with Crippen LogP contribution in [-0.4, -0.2) is 22.5 Å². The van der Waals surface area contributed by atoms with Crippen LogP contribution < -0.4 is 5.43 Å². The normalized spacial score (nSPS) is 15.6. The molecule has 2 aromatic carbocycles. The maximum absolute atomic E-state index is 12.6. The zero-order valence-electron chi connectivity index (χ0n) is 14.6. The molecule has 1 N–H and O–H groups in total. The lowest BCUT2D eigenvalue weighted by molar-refractivity contribution is -0.0824. The summed E-state index contributed by atoms with van der Waals surface area (Å²) in [5, 5.41) is 6.42. The highest BCUT2D eigenvalue weighted by Crippen LogP contribution is 2.26. The largest absolute Gasteiger partial charge is 0.364 e. The van der Waals surface area contributed by atoms with Gasteiger partial charge in [-0.25, -0.2) is 5.01 Å². The molecule has 0 aliphatic carbocycles. The van der Waals surface area contributed by atoms with Crippen LogP contribution in [0.5, 0.6) is 0 Å². The van der Waals surface area contributed by atoms with Gasteiger partial charge in [-0.15, -0.1) is 0 Å². The molecule has 0 unspecified atom stereocenters. The minimum atomic E-state index is -0.797. The molecule has 0 radical (unpaired) electrons. The number of amidine groups is 1. The Balaban J connectivity index is 1.90. The molecule has 2 aromatic rings. The summed E-state index contributed by atoms with van der Waals surface area (Å²) in [6.45, 7) is 7.73. The van der Waals surface area contributed by atoms with Gasteiger partial charge in [0.2, 0.25) is 5.72 Å². The third-order valence-electron chi connectivity index (χ3n) is 3.91. The molecular weight excluding hydrogens is 338 g/mol. The predicted octanol–water partition coefficient (Wildman–Crippen LogP) is 4.03. The van der Waals surface area contributed by atoms with Crippen LogP contribution in [0.3, 0.4) is 0 Å². The molecule has 0 saturated carbocycles. The van der Waals surface area contributed by atoms with Gasteiger partial charge in [-0.3, -0.25) is 10.2 Å². The van der Waals surface area contributed by atoms with Gasteiger partial charge in [0, 0.05) is 16.1 Å². The Morgan fingerprint density at radius 1 is 1.12 bits per heavy atom. The molecular formula is C19H20ClN3O2. The monoisotopic (exact) mass is 357 g/mol. The van der Waals surface area contributed by atoms with Gasteiger partial charge in [-0.2, -0.15) is 0 Å². The number of rotatable bonds is 3. The van der Waals surface area contributed by atoms with Gasteiger partial charge >= 0.3 is 0 Å². The first-order chi connectivity index (χ1) is 11.8. The summed E-state index contributed by atoms with van der Waals surface area (Å²) in [7, 11) is 0. The van der Waals surface area contributed by atoms with E-state index in [0.29, 0.717) is 16.4 Å². The fraction of sp³-hybridized carbons (Fsp3) is 0.263. The van der Waals surface area contributed by atoms with Gasteiger partial charge in [0.1, 0.15) is 0 Å². The van der Waals surface area contributed by atoms with Gasteiger partial charge in [-0.1, -0.05) is 33.9 Å². The SMILES string of the molecule is Cc1cc(C)cc(C2=NOC(C)(C)N2NC(=O)c2ccc(Cl)cc2)c1. The van der Waals surface area contributed by atoms with Crippen molar-refractivity contribution >= 4 is 23.3 Å². The number of benzene rings is 2. The van der Waals surface area contributed by atoms with E-state index in [1.165, 1.54) is 0 Å². The number of oxime groups is 1. The van der Waals surface area contributed by atoms with Crippen molar-refractivity contribution in [2.45, 2.75) is 33.4 Å². The summed E-state index contributed by atoms with van der Waals surface area (Å²) in [4.78, 5) is 18.1. The van der Waals surface area contributed by atoms with E-state index in [4.69, 9.17) is 16.4 Å². The van der Waals surface area contributed by atoms with Crippen LogP contribution in [0.1, 0.15) is 40.9 Å². The van der Waals surface area contributed by atoms with Crippen LogP contribution in [-0.2, 0) is 4.84 Å². The van der Waals surface area contributed by atoms with Gasteiger partial charge in [-0.05, 0) is 64.1 Å². The van der Waals surface area contributed by atoms with Gasteiger partial charge in [0.15, 0.2) is 5.84 Å². The lowest BCUT2D eigenvalue weighted by atomic mass is 10.1. The minimum absolute atomic E-state index is 0.257. The maximum atomic E-state index is 12.6. The summed E-state index contributed by atoms with van der Waals surface area (Å²) in [6.07, 6.45) is 0. The van der Waals surface area contributed by atoms with Gasteiger partial charge < -0.3 is 4.84 Å². The number of halogens is 1. The summed E-state index contributed by atoms with van der Waals surface area (Å²) < 4.78 is 0. The molecule has 0 fully saturated rings. The molecule has 1 heterocycles. The number of nitrogens with one attached hydrogen (secondary N) is 1. The van der Waals surface area contributed by atoms with E-state index in [1.807, 2.05) is 39.8 Å². The number of amides is 1. The van der Waals surface area contributed by atoms with Crippen molar-refractivity contribution in [1.82, 2.24) is 10.4 Å². The highest BCUT2D eigenvalue weighted by molar-refractivity contribution is 6.30. The third-order valence-corrected chi connectivity index (χ3v) is 4.16. The molecule has 0 saturated heterocycles. The van der Waals surface area contributed by atoms with Crippen LogP contribution in [0.4, 0.5) is 0 Å². The molecule has 5 nitrogen and oxygen atoms in total. The Morgan fingerprint density at radius 3 is 2.32 bits per heavy atom. The lowest BCUT2D eigenvalue weighted by Gasteiger charge is -2.31. The van der Waals surface area contributed by atoms with Crippen molar-refractivity contribution in [2.24, 2.45) is 5.16 Å². The second-order valence-electron chi connectivity index (χ2n) is 6.61. The van der Waals surface area contributed by atoms with E-state index >= 15 is 0 Å². The molecule has 3 rings (SSSR count). The van der Waals surface area contributed by atoms with Gasteiger partial charge in [0.25, 0.3) is 5.91 Å². The van der Waals surface area contributed by atoms with Crippen LogP contribution in [0.15, 0.2) is 47.6 Å². The quantitative estimate of drug-likeness (QED) is 0.902. The number of hydrogen-bond donors (Lipinski definition) is 1. The van der Waals surface area contributed by atoms with Crippen LogP contribution in [0.25, 0.3) is 0 Å².